The van der Waals surface area contributed by atoms with E-state index in [0.717, 1.165) is 0 Å². The van der Waals surface area contributed by atoms with Gasteiger partial charge < -0.3 is 10.4 Å². The van der Waals surface area contributed by atoms with Gasteiger partial charge in [0.2, 0.25) is 0 Å². The number of rotatable bonds is 6. The van der Waals surface area contributed by atoms with Crippen LogP contribution in [-0.4, -0.2) is 33.0 Å². The van der Waals surface area contributed by atoms with E-state index in [0.29, 0.717) is 29.9 Å². The summed E-state index contributed by atoms with van der Waals surface area (Å²) in [5.74, 6) is -0.811. The fraction of sp³-hybridized carbons (Fsp3) is 0.571. The molecule has 1 unspecified atom stereocenters. The van der Waals surface area contributed by atoms with E-state index in [1.54, 1.807) is 6.92 Å². The summed E-state index contributed by atoms with van der Waals surface area (Å²) in [4.78, 5) is 31.6. The Hall–Kier alpha value is -1.98. The molecule has 0 radical (unpaired) electrons. The number of hydrogen-bond acceptors (Lipinski definition) is 4. The summed E-state index contributed by atoms with van der Waals surface area (Å²) < 4.78 is 0. The van der Waals surface area contributed by atoms with E-state index in [1.807, 2.05) is 20.8 Å². The van der Waals surface area contributed by atoms with Crippen molar-refractivity contribution in [1.82, 2.24) is 15.3 Å². The number of aryl methyl sites for hydroxylation is 1. The average molecular weight is 279 g/mol. The molecule has 6 nitrogen and oxygen atoms in total. The minimum absolute atomic E-state index is 0.0619. The Morgan fingerprint density at radius 3 is 2.55 bits per heavy atom. The van der Waals surface area contributed by atoms with Crippen LogP contribution in [0.4, 0.5) is 0 Å². The second kappa shape index (κ2) is 6.98. The molecule has 110 valence electrons. The van der Waals surface area contributed by atoms with Gasteiger partial charge in [0.25, 0.3) is 5.91 Å². The third kappa shape index (κ3) is 4.01. The van der Waals surface area contributed by atoms with Crippen LogP contribution >= 0.6 is 0 Å². The van der Waals surface area contributed by atoms with Crippen LogP contribution in [0.1, 0.15) is 61.4 Å². The molecule has 0 fully saturated rings. The zero-order valence-corrected chi connectivity index (χ0v) is 12.3. The standard InChI is InChI=1S/C14H21N3O3/c1-5-6-11(14(19)20)17-13(18)10-7-15-9(4)16-12(10)8(2)3/h7-8,11H,5-6H2,1-4H3,(H,17,18)(H,19,20). The molecule has 0 spiro atoms. The van der Waals surface area contributed by atoms with Crippen LogP contribution in [0.3, 0.4) is 0 Å². The Morgan fingerprint density at radius 2 is 2.05 bits per heavy atom. The smallest absolute Gasteiger partial charge is 0.326 e. The molecule has 0 saturated heterocycles. The molecule has 0 aromatic carbocycles. The first-order chi connectivity index (χ1) is 9.36. The van der Waals surface area contributed by atoms with E-state index < -0.39 is 17.9 Å². The number of carboxylic acid groups (broad SMARTS) is 1. The fourth-order valence-corrected chi connectivity index (χ4v) is 1.88. The summed E-state index contributed by atoms with van der Waals surface area (Å²) >= 11 is 0. The van der Waals surface area contributed by atoms with Crippen molar-refractivity contribution in [3.05, 3.63) is 23.3 Å². The van der Waals surface area contributed by atoms with Crippen molar-refractivity contribution < 1.29 is 14.7 Å². The molecule has 1 aromatic rings. The SMILES string of the molecule is CCCC(NC(=O)c1cnc(C)nc1C(C)C)C(=O)O. The molecule has 1 heterocycles. The number of carboxylic acids is 1. The first-order valence-electron chi connectivity index (χ1n) is 6.74. The highest BCUT2D eigenvalue weighted by Gasteiger charge is 2.22. The van der Waals surface area contributed by atoms with Crippen molar-refractivity contribution in [2.45, 2.75) is 52.5 Å². The van der Waals surface area contributed by atoms with Crippen LogP contribution in [0.5, 0.6) is 0 Å². The molecule has 0 aliphatic carbocycles. The molecule has 0 aliphatic heterocycles. The normalized spacial score (nSPS) is 12.2. The number of hydrogen-bond donors (Lipinski definition) is 2. The Bertz CT molecular complexity index is 500. The van der Waals surface area contributed by atoms with E-state index in [2.05, 4.69) is 15.3 Å². The first-order valence-corrected chi connectivity index (χ1v) is 6.74. The lowest BCUT2D eigenvalue weighted by Crippen LogP contribution is -2.41. The molecule has 1 rings (SSSR count). The predicted molar refractivity (Wildman–Crippen MR) is 74.7 cm³/mol. The van der Waals surface area contributed by atoms with Crippen molar-refractivity contribution >= 4 is 11.9 Å². The Morgan fingerprint density at radius 1 is 1.40 bits per heavy atom. The van der Waals surface area contributed by atoms with Gasteiger partial charge in [0.1, 0.15) is 11.9 Å². The summed E-state index contributed by atoms with van der Waals surface area (Å²) in [6, 6.07) is -0.881. The van der Waals surface area contributed by atoms with Crippen LogP contribution in [0.25, 0.3) is 0 Å². The van der Waals surface area contributed by atoms with Gasteiger partial charge in [0, 0.05) is 6.20 Å². The molecule has 0 bridgehead atoms. The summed E-state index contributed by atoms with van der Waals surface area (Å²) in [6.07, 6.45) is 2.53. The van der Waals surface area contributed by atoms with E-state index in [4.69, 9.17) is 5.11 Å². The predicted octanol–water partition coefficient (Wildman–Crippen LogP) is 1.89. The Labute approximate surface area is 118 Å². The zero-order chi connectivity index (χ0) is 15.3. The number of aliphatic carboxylic acids is 1. The highest BCUT2D eigenvalue weighted by Crippen LogP contribution is 2.16. The van der Waals surface area contributed by atoms with Gasteiger partial charge in [-0.25, -0.2) is 14.8 Å². The highest BCUT2D eigenvalue weighted by atomic mass is 16.4. The maximum atomic E-state index is 12.2. The lowest BCUT2D eigenvalue weighted by molar-refractivity contribution is -0.139. The van der Waals surface area contributed by atoms with E-state index in [1.165, 1.54) is 6.20 Å². The number of carbonyl (C=O) groups excluding carboxylic acids is 1. The Balaban J connectivity index is 2.99. The molecule has 0 saturated carbocycles. The quantitative estimate of drug-likeness (QED) is 0.829. The van der Waals surface area contributed by atoms with Crippen LogP contribution in [-0.2, 0) is 4.79 Å². The van der Waals surface area contributed by atoms with Crippen molar-refractivity contribution in [1.29, 1.82) is 0 Å². The molecular weight excluding hydrogens is 258 g/mol. The maximum absolute atomic E-state index is 12.2. The highest BCUT2D eigenvalue weighted by molar-refractivity contribution is 5.97. The van der Waals surface area contributed by atoms with Crippen LogP contribution in [0.15, 0.2) is 6.20 Å². The molecule has 20 heavy (non-hydrogen) atoms. The largest absolute Gasteiger partial charge is 0.480 e. The van der Waals surface area contributed by atoms with Gasteiger partial charge in [-0.1, -0.05) is 27.2 Å². The van der Waals surface area contributed by atoms with Gasteiger partial charge in [0.15, 0.2) is 0 Å². The lowest BCUT2D eigenvalue weighted by Gasteiger charge is -2.16. The topological polar surface area (TPSA) is 92.2 Å². The van der Waals surface area contributed by atoms with Crippen LogP contribution in [0, 0.1) is 6.92 Å². The number of amides is 1. The zero-order valence-electron chi connectivity index (χ0n) is 12.3. The fourth-order valence-electron chi connectivity index (χ4n) is 1.88. The molecule has 1 aromatic heterocycles. The third-order valence-corrected chi connectivity index (χ3v) is 2.91. The molecule has 2 N–H and O–H groups in total. The van der Waals surface area contributed by atoms with Gasteiger partial charge in [-0.2, -0.15) is 0 Å². The molecule has 0 aliphatic rings. The number of aromatic nitrogens is 2. The van der Waals surface area contributed by atoms with Gasteiger partial charge in [-0.3, -0.25) is 4.79 Å². The van der Waals surface area contributed by atoms with Gasteiger partial charge in [0.05, 0.1) is 11.3 Å². The average Bonchev–Trinajstić information content (AvgIpc) is 2.37. The first kappa shape index (κ1) is 16.1. The van der Waals surface area contributed by atoms with Gasteiger partial charge in [-0.05, 0) is 19.3 Å². The van der Waals surface area contributed by atoms with E-state index >= 15 is 0 Å². The lowest BCUT2D eigenvalue weighted by atomic mass is 10.0. The second-order valence-electron chi connectivity index (χ2n) is 5.02. The van der Waals surface area contributed by atoms with Crippen molar-refractivity contribution in [3.63, 3.8) is 0 Å². The minimum atomic E-state index is -1.03. The molecular formula is C14H21N3O3. The van der Waals surface area contributed by atoms with Crippen molar-refractivity contribution in [2.75, 3.05) is 0 Å². The van der Waals surface area contributed by atoms with Crippen molar-refractivity contribution in [3.8, 4) is 0 Å². The summed E-state index contributed by atoms with van der Waals surface area (Å²) in [6.45, 7) is 7.49. The molecule has 1 amide bonds. The molecule has 1 atom stereocenters. The Kier molecular flexibility index (Phi) is 5.61. The minimum Gasteiger partial charge on any atom is -0.480 e. The summed E-state index contributed by atoms with van der Waals surface area (Å²) in [5, 5.41) is 11.6. The second-order valence-corrected chi connectivity index (χ2v) is 5.02. The monoisotopic (exact) mass is 279 g/mol. The summed E-state index contributed by atoms with van der Waals surface area (Å²) in [5.41, 5.74) is 0.976. The summed E-state index contributed by atoms with van der Waals surface area (Å²) in [7, 11) is 0. The van der Waals surface area contributed by atoms with Gasteiger partial charge >= 0.3 is 5.97 Å². The van der Waals surface area contributed by atoms with Crippen LogP contribution in [0.2, 0.25) is 0 Å². The van der Waals surface area contributed by atoms with Gasteiger partial charge in [-0.15, -0.1) is 0 Å². The van der Waals surface area contributed by atoms with E-state index in [-0.39, 0.29) is 5.92 Å². The van der Waals surface area contributed by atoms with Crippen LogP contribution < -0.4 is 5.32 Å². The third-order valence-electron chi connectivity index (χ3n) is 2.91. The number of nitrogens with zero attached hydrogens (tertiary/aromatic N) is 2. The van der Waals surface area contributed by atoms with E-state index in [9.17, 15) is 9.59 Å². The maximum Gasteiger partial charge on any atom is 0.326 e. The molecule has 6 heteroatoms. The number of carbonyl (C=O) groups is 2. The number of nitrogens with one attached hydrogen (secondary N) is 1. The van der Waals surface area contributed by atoms with Crippen molar-refractivity contribution in [2.24, 2.45) is 0 Å².